The van der Waals surface area contributed by atoms with Crippen LogP contribution in [0.1, 0.15) is 5.56 Å². The summed E-state index contributed by atoms with van der Waals surface area (Å²) >= 11 is 0. The van der Waals surface area contributed by atoms with Gasteiger partial charge in [0.15, 0.2) is 5.82 Å². The number of H-pyrrole nitrogens is 1. The van der Waals surface area contributed by atoms with Crippen LogP contribution in [-0.4, -0.2) is 54.4 Å². The number of para-hydroxylation sites is 1. The Morgan fingerprint density at radius 2 is 1.87 bits per heavy atom. The molecule has 0 radical (unpaired) electrons. The number of ether oxygens (including phenoxy) is 1. The van der Waals surface area contributed by atoms with Crippen LogP contribution < -0.4 is 15.0 Å². The van der Waals surface area contributed by atoms with Crippen LogP contribution in [0.2, 0.25) is 0 Å². The van der Waals surface area contributed by atoms with E-state index in [0.717, 1.165) is 17.0 Å². The molecule has 0 unspecified atom stereocenters. The summed E-state index contributed by atoms with van der Waals surface area (Å²) in [7, 11) is 1.21. The highest BCUT2D eigenvalue weighted by molar-refractivity contribution is 5.98. The molecule has 0 spiro atoms. The van der Waals surface area contributed by atoms with Gasteiger partial charge in [0.2, 0.25) is 0 Å². The average molecular weight is 419 g/mol. The van der Waals surface area contributed by atoms with Gasteiger partial charge in [-0.05, 0) is 30.3 Å². The van der Waals surface area contributed by atoms with Crippen molar-refractivity contribution in [2.45, 2.75) is 6.18 Å². The molecule has 2 heterocycles. The van der Waals surface area contributed by atoms with Gasteiger partial charge >= 0.3 is 12.2 Å². The number of carbonyl (C=O) groups excluding carboxylic acids is 1. The molecule has 0 atom stereocenters. The van der Waals surface area contributed by atoms with Crippen LogP contribution in [0.15, 0.2) is 42.5 Å². The zero-order chi connectivity index (χ0) is 21.3. The zero-order valence-electron chi connectivity index (χ0n) is 16.2. The molecule has 1 fully saturated rings. The highest BCUT2D eigenvalue weighted by Gasteiger charge is 2.35. The lowest BCUT2D eigenvalue weighted by atomic mass is 10.1. The molecule has 1 aromatic heterocycles. The summed E-state index contributed by atoms with van der Waals surface area (Å²) in [6, 6.07) is 11.2. The second kappa shape index (κ2) is 7.77. The maximum Gasteiger partial charge on any atom is 0.420 e. The number of halogens is 3. The quantitative estimate of drug-likeness (QED) is 0.675. The Kier molecular flexibility index (Phi) is 5.15. The number of anilines is 2. The van der Waals surface area contributed by atoms with Gasteiger partial charge in [-0.2, -0.15) is 18.3 Å². The molecule has 3 aromatic rings. The number of methoxy groups -OCH3 is 1. The predicted octanol–water partition coefficient (Wildman–Crippen LogP) is 3.94. The average Bonchev–Trinajstić information content (AvgIpc) is 3.15. The smallest absolute Gasteiger partial charge is 0.420 e. The van der Waals surface area contributed by atoms with E-state index in [-0.39, 0.29) is 11.8 Å². The number of aromatic amines is 1. The Hall–Kier alpha value is -3.43. The first-order valence-corrected chi connectivity index (χ1v) is 9.36. The van der Waals surface area contributed by atoms with Crippen molar-refractivity contribution in [1.82, 2.24) is 15.1 Å². The molecule has 4 rings (SSSR count). The molecular weight excluding hydrogens is 399 g/mol. The van der Waals surface area contributed by atoms with E-state index in [2.05, 4.69) is 15.5 Å². The Morgan fingerprint density at radius 1 is 1.13 bits per heavy atom. The van der Waals surface area contributed by atoms with Gasteiger partial charge in [0, 0.05) is 37.3 Å². The van der Waals surface area contributed by atoms with Crippen LogP contribution in [0, 0.1) is 0 Å². The van der Waals surface area contributed by atoms with Crippen molar-refractivity contribution >= 4 is 28.4 Å². The summed E-state index contributed by atoms with van der Waals surface area (Å²) < 4.78 is 44.7. The van der Waals surface area contributed by atoms with Crippen LogP contribution >= 0.6 is 0 Å². The standard InChI is InChI=1S/C20H20F3N5O2/c1-30-17-7-6-13(12-15(17)20(21,22)23)27-8-10-28(11-9-27)19(29)24-18-14-4-2-3-5-16(14)25-26-18/h2-7,12H,8-11H2,1H3,(H2,24,25,26,29). The maximum atomic E-state index is 13.3. The molecule has 10 heteroatoms. The number of aromatic nitrogens is 2. The highest BCUT2D eigenvalue weighted by Crippen LogP contribution is 2.38. The lowest BCUT2D eigenvalue weighted by molar-refractivity contribution is -0.138. The van der Waals surface area contributed by atoms with Gasteiger partial charge in [-0.25, -0.2) is 4.79 Å². The third-order valence-electron chi connectivity index (χ3n) is 5.12. The van der Waals surface area contributed by atoms with E-state index in [1.54, 1.807) is 11.0 Å². The summed E-state index contributed by atoms with van der Waals surface area (Å²) in [6.45, 7) is 1.58. The van der Waals surface area contributed by atoms with Crippen LogP contribution in [0.5, 0.6) is 5.75 Å². The second-order valence-electron chi connectivity index (χ2n) is 6.90. The summed E-state index contributed by atoms with van der Waals surface area (Å²) in [5.41, 5.74) is 0.451. The van der Waals surface area contributed by atoms with Crippen molar-refractivity contribution in [3.05, 3.63) is 48.0 Å². The third kappa shape index (κ3) is 3.85. The number of benzene rings is 2. The second-order valence-corrected chi connectivity index (χ2v) is 6.90. The lowest BCUT2D eigenvalue weighted by Crippen LogP contribution is -2.50. The zero-order valence-corrected chi connectivity index (χ0v) is 16.2. The van der Waals surface area contributed by atoms with Crippen molar-refractivity contribution in [1.29, 1.82) is 0 Å². The Morgan fingerprint density at radius 3 is 2.57 bits per heavy atom. The fourth-order valence-electron chi connectivity index (χ4n) is 3.52. The van der Waals surface area contributed by atoms with Crippen molar-refractivity contribution in [3.8, 4) is 5.75 Å². The minimum absolute atomic E-state index is 0.213. The number of hydrogen-bond donors (Lipinski definition) is 2. The van der Waals surface area contributed by atoms with Gasteiger partial charge in [0.1, 0.15) is 5.75 Å². The van der Waals surface area contributed by atoms with Crippen LogP contribution in [0.4, 0.5) is 29.5 Å². The number of carbonyl (C=O) groups is 1. The summed E-state index contributed by atoms with van der Waals surface area (Å²) in [6.07, 6.45) is -4.50. The number of rotatable bonds is 3. The van der Waals surface area contributed by atoms with Crippen molar-refractivity contribution in [3.63, 3.8) is 0 Å². The fraction of sp³-hybridized carbons (Fsp3) is 0.300. The van der Waals surface area contributed by atoms with E-state index in [4.69, 9.17) is 4.74 Å². The summed E-state index contributed by atoms with van der Waals surface area (Å²) in [5, 5.41) is 10.6. The molecule has 2 amide bonds. The van der Waals surface area contributed by atoms with Gasteiger partial charge in [-0.3, -0.25) is 10.4 Å². The number of amides is 2. The van der Waals surface area contributed by atoms with Crippen molar-refractivity contribution in [2.24, 2.45) is 0 Å². The monoisotopic (exact) mass is 419 g/mol. The number of nitrogens with one attached hydrogen (secondary N) is 2. The molecule has 7 nitrogen and oxygen atoms in total. The first-order valence-electron chi connectivity index (χ1n) is 9.36. The third-order valence-corrected chi connectivity index (χ3v) is 5.12. The molecule has 0 saturated carbocycles. The van der Waals surface area contributed by atoms with Crippen LogP contribution in [-0.2, 0) is 6.18 Å². The first-order chi connectivity index (χ1) is 14.4. The first kappa shape index (κ1) is 19.9. The van der Waals surface area contributed by atoms with E-state index in [1.807, 2.05) is 29.2 Å². The number of fused-ring (bicyclic) bond motifs is 1. The van der Waals surface area contributed by atoms with E-state index in [9.17, 15) is 18.0 Å². The summed E-state index contributed by atoms with van der Waals surface area (Å²) in [5.74, 6) is 0.235. The number of alkyl halides is 3. The predicted molar refractivity (Wildman–Crippen MR) is 107 cm³/mol. The number of urea groups is 1. The normalized spacial score (nSPS) is 14.8. The SMILES string of the molecule is COc1ccc(N2CCN(C(=O)Nc3n[nH]c4ccccc34)CC2)cc1C(F)(F)F. The van der Waals surface area contributed by atoms with E-state index >= 15 is 0 Å². The lowest BCUT2D eigenvalue weighted by Gasteiger charge is -2.36. The maximum absolute atomic E-state index is 13.3. The van der Waals surface area contributed by atoms with E-state index in [0.29, 0.717) is 37.7 Å². The topological polar surface area (TPSA) is 73.5 Å². The van der Waals surface area contributed by atoms with E-state index < -0.39 is 11.7 Å². The fourth-order valence-corrected chi connectivity index (χ4v) is 3.52. The van der Waals surface area contributed by atoms with Gasteiger partial charge in [0.25, 0.3) is 0 Å². The summed E-state index contributed by atoms with van der Waals surface area (Å²) in [4.78, 5) is 16.0. The van der Waals surface area contributed by atoms with E-state index in [1.165, 1.54) is 13.2 Å². The number of hydrogen-bond acceptors (Lipinski definition) is 4. The molecule has 0 aliphatic carbocycles. The van der Waals surface area contributed by atoms with Crippen molar-refractivity contribution < 1.29 is 22.7 Å². The largest absolute Gasteiger partial charge is 0.496 e. The molecule has 2 aromatic carbocycles. The Labute approximate surface area is 170 Å². The highest BCUT2D eigenvalue weighted by atomic mass is 19.4. The minimum atomic E-state index is -4.50. The van der Waals surface area contributed by atoms with Gasteiger partial charge < -0.3 is 14.5 Å². The molecule has 0 bridgehead atoms. The van der Waals surface area contributed by atoms with Crippen molar-refractivity contribution in [2.75, 3.05) is 43.5 Å². The number of nitrogens with zero attached hydrogens (tertiary/aromatic N) is 3. The molecule has 30 heavy (non-hydrogen) atoms. The Bertz CT molecular complexity index is 1060. The van der Waals surface area contributed by atoms with Gasteiger partial charge in [-0.1, -0.05) is 12.1 Å². The molecule has 158 valence electrons. The molecule has 1 aliphatic rings. The molecule has 2 N–H and O–H groups in total. The van der Waals surface area contributed by atoms with Crippen LogP contribution in [0.25, 0.3) is 10.9 Å². The number of piperazine rings is 1. The van der Waals surface area contributed by atoms with Gasteiger partial charge in [0.05, 0.1) is 18.2 Å². The minimum Gasteiger partial charge on any atom is -0.496 e. The molecule has 1 saturated heterocycles. The molecular formula is C20H20F3N5O2. The van der Waals surface area contributed by atoms with Gasteiger partial charge in [-0.15, -0.1) is 0 Å². The molecule has 1 aliphatic heterocycles. The Balaban J connectivity index is 1.42. The van der Waals surface area contributed by atoms with Crippen LogP contribution in [0.3, 0.4) is 0 Å².